The Labute approximate surface area is 344 Å². The molecule has 0 aromatic rings. The Kier molecular flexibility index (Phi) is 23.0. The fourth-order valence-corrected chi connectivity index (χ4v) is 6.13. The predicted octanol–water partition coefficient (Wildman–Crippen LogP) is -1.94. The number of amides is 6. The van der Waals surface area contributed by atoms with Gasteiger partial charge < -0.3 is 65.7 Å². The molecule has 2 aliphatic carbocycles. The molecule has 0 saturated carbocycles. The number of aliphatic carboxylic acids is 1. The van der Waals surface area contributed by atoms with Gasteiger partial charge in [-0.15, -0.1) is 0 Å². The van der Waals surface area contributed by atoms with Crippen LogP contribution in [0.15, 0.2) is 45.7 Å². The summed E-state index contributed by atoms with van der Waals surface area (Å²) in [5.74, 6) is -3.38. The number of carbonyl (C=O) groups excluding carboxylic acids is 6. The second-order valence-electron chi connectivity index (χ2n) is 14.5. The minimum absolute atomic E-state index is 0.000332. The molecule has 0 bridgehead atoms. The zero-order valence-electron chi connectivity index (χ0n) is 33.6. The van der Waals surface area contributed by atoms with Gasteiger partial charge in [0.1, 0.15) is 6.04 Å². The fraction of sp³-hybridized carbons (Fsp3) is 0.605. The normalized spacial score (nSPS) is 16.8. The lowest BCUT2D eigenvalue weighted by atomic mass is 9.92. The van der Waals surface area contributed by atoms with Crippen molar-refractivity contribution >= 4 is 53.3 Å². The third-order valence-corrected chi connectivity index (χ3v) is 9.33. The predicted molar refractivity (Wildman–Crippen MR) is 221 cm³/mol. The third kappa shape index (κ3) is 23.1. The van der Waals surface area contributed by atoms with E-state index in [0.29, 0.717) is 63.9 Å². The van der Waals surface area contributed by atoms with Crippen molar-refractivity contribution in [2.45, 2.75) is 102 Å². The van der Waals surface area contributed by atoms with Crippen LogP contribution in [-0.4, -0.2) is 103 Å². The van der Waals surface area contributed by atoms with Crippen LogP contribution in [0, 0.1) is 11.8 Å². The molecule has 21 heteroatoms. The van der Waals surface area contributed by atoms with Crippen LogP contribution in [0.5, 0.6) is 0 Å². The van der Waals surface area contributed by atoms with E-state index in [1.165, 1.54) is 0 Å². The van der Waals surface area contributed by atoms with Gasteiger partial charge >= 0.3 is 5.97 Å². The summed E-state index contributed by atoms with van der Waals surface area (Å²) in [7, 11) is 0. The first-order valence-electron chi connectivity index (χ1n) is 20.0. The van der Waals surface area contributed by atoms with Gasteiger partial charge in [-0.25, -0.2) is 4.79 Å². The molecule has 0 radical (unpaired) electrons. The Morgan fingerprint density at radius 2 is 1.29 bits per heavy atom. The first kappa shape index (κ1) is 49.2. The van der Waals surface area contributed by atoms with Gasteiger partial charge in [0.05, 0.1) is 12.6 Å². The van der Waals surface area contributed by atoms with E-state index in [0.717, 1.165) is 18.5 Å². The number of rotatable bonds is 27. The quantitative estimate of drug-likeness (QED) is 0.0244. The summed E-state index contributed by atoms with van der Waals surface area (Å²) in [6.45, 7) is 1.01. The monoisotopic (exact) mass is 829 g/mol. The van der Waals surface area contributed by atoms with Crippen molar-refractivity contribution in [1.82, 2.24) is 31.9 Å². The number of allylic oxidation sites excluding steroid dienone is 5. The Bertz CT molecular complexity index is 1600. The Balaban J connectivity index is 1.52. The van der Waals surface area contributed by atoms with E-state index in [4.69, 9.17) is 28.7 Å². The summed E-state index contributed by atoms with van der Waals surface area (Å²) in [6.07, 6.45) is 12.6. The number of hydrogen-bond donors (Lipinski definition) is 12. The van der Waals surface area contributed by atoms with Crippen LogP contribution in [0.1, 0.15) is 89.9 Å². The van der Waals surface area contributed by atoms with Gasteiger partial charge in [-0.1, -0.05) is 18.2 Å². The van der Waals surface area contributed by atoms with E-state index in [1.54, 1.807) is 6.08 Å². The molecule has 21 nitrogen and oxygen atoms in total. The number of guanidine groups is 2. The van der Waals surface area contributed by atoms with Crippen LogP contribution in [0.3, 0.4) is 0 Å². The van der Waals surface area contributed by atoms with Crippen LogP contribution in [0.4, 0.5) is 0 Å². The van der Waals surface area contributed by atoms with Crippen LogP contribution in [0.25, 0.3) is 0 Å². The molecule has 0 aliphatic heterocycles. The number of hydrogen-bond acceptors (Lipinski definition) is 10. The molecule has 4 unspecified atom stereocenters. The minimum Gasteiger partial charge on any atom is -0.480 e. The van der Waals surface area contributed by atoms with Crippen molar-refractivity contribution in [3.63, 3.8) is 0 Å². The number of unbranched alkanes of at least 4 members (excludes halogenated alkanes) is 2. The number of nitrogens with one attached hydrogen (secondary N) is 6. The molecular weight excluding hydrogens is 767 g/mol. The molecule has 59 heavy (non-hydrogen) atoms. The van der Waals surface area contributed by atoms with Crippen LogP contribution >= 0.6 is 0 Å². The summed E-state index contributed by atoms with van der Waals surface area (Å²) >= 11 is 0. The maximum atomic E-state index is 12.4. The average molecular weight is 830 g/mol. The number of carbonyl (C=O) groups is 7. The lowest BCUT2D eigenvalue weighted by Crippen LogP contribution is -2.48. The molecule has 0 heterocycles. The van der Waals surface area contributed by atoms with Crippen LogP contribution in [-0.2, 0) is 33.6 Å². The highest BCUT2D eigenvalue weighted by Gasteiger charge is 2.22. The Morgan fingerprint density at radius 1 is 0.712 bits per heavy atom. The van der Waals surface area contributed by atoms with Gasteiger partial charge in [0.15, 0.2) is 11.9 Å². The summed E-state index contributed by atoms with van der Waals surface area (Å²) < 4.78 is 0. The minimum atomic E-state index is -1.24. The molecule has 17 N–H and O–H groups in total. The summed E-state index contributed by atoms with van der Waals surface area (Å²) in [5.41, 5.74) is 29.0. The smallest absolute Gasteiger partial charge is 0.326 e. The second kappa shape index (κ2) is 27.6. The molecule has 6 amide bonds. The molecule has 4 atom stereocenters. The van der Waals surface area contributed by atoms with Gasteiger partial charge in [-0.2, -0.15) is 0 Å². The van der Waals surface area contributed by atoms with Crippen molar-refractivity contribution in [1.29, 1.82) is 0 Å². The fourth-order valence-electron chi connectivity index (χ4n) is 6.13. The van der Waals surface area contributed by atoms with Gasteiger partial charge in [0.25, 0.3) is 0 Å². The third-order valence-electron chi connectivity index (χ3n) is 9.33. The van der Waals surface area contributed by atoms with E-state index < -0.39 is 36.4 Å². The largest absolute Gasteiger partial charge is 0.480 e. The van der Waals surface area contributed by atoms with Crippen LogP contribution in [0.2, 0.25) is 0 Å². The van der Waals surface area contributed by atoms with Crippen LogP contribution < -0.4 is 60.6 Å². The van der Waals surface area contributed by atoms with Gasteiger partial charge in [-0.05, 0) is 76.2 Å². The van der Waals surface area contributed by atoms with Crippen molar-refractivity contribution in [2.75, 3.05) is 32.7 Å². The summed E-state index contributed by atoms with van der Waals surface area (Å²) in [4.78, 5) is 93.6. The van der Waals surface area contributed by atoms with E-state index in [2.05, 4.69) is 41.9 Å². The topological polar surface area (TPSA) is 367 Å². The highest BCUT2D eigenvalue weighted by molar-refractivity contribution is 5.89. The standard InChI is InChI=1S/C38H63N13O8/c39-28(11-1-3-17-44-30(52)13-15-32(54)49-26-9-5-7-24(19-26)21-47-37(40)41)35(57)46-23-34(56)51-29(36(58)59)12-2-4-18-45-31(53)14-16-33(55)50-27-10-6-8-25(20-27)22-48-38(42)43/h5,7,9-10,24-25,28-29H,1-4,6,8,11-23,39H2,(H,44,52)(H,45,53)(H,46,57)(H,49,54)(H,50,55)(H,51,56)(H,58,59)(H4,40,41,47)(H4,42,43,48). The number of nitrogens with zero attached hydrogens (tertiary/aromatic N) is 2. The van der Waals surface area contributed by atoms with E-state index in [1.807, 2.05) is 18.2 Å². The highest BCUT2D eigenvalue weighted by atomic mass is 16.4. The van der Waals surface area contributed by atoms with Crippen molar-refractivity contribution < 1.29 is 38.7 Å². The lowest BCUT2D eigenvalue weighted by molar-refractivity contribution is -0.142. The zero-order chi connectivity index (χ0) is 43.6. The van der Waals surface area contributed by atoms with Crippen molar-refractivity contribution in [3.8, 4) is 0 Å². The zero-order valence-corrected chi connectivity index (χ0v) is 33.6. The average Bonchev–Trinajstić information content (AvgIpc) is 3.19. The molecule has 328 valence electrons. The molecule has 0 spiro atoms. The number of carboxylic acid groups (broad SMARTS) is 1. The maximum absolute atomic E-state index is 12.4. The van der Waals surface area contributed by atoms with E-state index in [9.17, 15) is 38.7 Å². The second-order valence-corrected chi connectivity index (χ2v) is 14.5. The molecule has 0 aromatic heterocycles. The first-order valence-corrected chi connectivity index (χ1v) is 20.0. The van der Waals surface area contributed by atoms with E-state index >= 15 is 0 Å². The maximum Gasteiger partial charge on any atom is 0.326 e. The Morgan fingerprint density at radius 3 is 1.90 bits per heavy atom. The first-order chi connectivity index (χ1) is 28.1. The molecule has 0 fully saturated rings. The summed E-state index contributed by atoms with van der Waals surface area (Å²) in [5, 5.41) is 25.4. The molecule has 0 aromatic carbocycles. The van der Waals surface area contributed by atoms with Gasteiger partial charge in [-0.3, -0.25) is 38.8 Å². The number of nitrogens with two attached hydrogens (primary N) is 5. The van der Waals surface area contributed by atoms with Crippen molar-refractivity contribution in [3.05, 3.63) is 35.7 Å². The Hall–Kier alpha value is -5.99. The molecule has 2 aliphatic rings. The SMILES string of the molecule is NC(N)=NCC1C=CC=C(NC(=O)CCC(=O)NCCCCC(N)C(=O)NCC(=O)NC(CCCCNC(=O)CCC(=O)NC2=CCCC(CN=C(N)N)C2)C(=O)O)C1. The summed E-state index contributed by atoms with van der Waals surface area (Å²) in [6, 6.07) is -2.12. The number of carboxylic acids is 1. The number of aliphatic imine (C=N–C) groups is 2. The lowest BCUT2D eigenvalue weighted by Gasteiger charge is -2.21. The molecular formula is C38H63N13O8. The highest BCUT2D eigenvalue weighted by Crippen LogP contribution is 2.23. The van der Waals surface area contributed by atoms with Crippen molar-refractivity contribution in [2.24, 2.45) is 50.5 Å². The molecule has 0 saturated heterocycles. The van der Waals surface area contributed by atoms with Gasteiger partial charge in [0, 0.05) is 69.2 Å². The van der Waals surface area contributed by atoms with E-state index in [-0.39, 0.29) is 92.5 Å². The van der Waals surface area contributed by atoms with Gasteiger partial charge in [0.2, 0.25) is 35.4 Å². The molecule has 2 rings (SSSR count).